The van der Waals surface area contributed by atoms with Crippen molar-refractivity contribution in [2.75, 3.05) is 50.8 Å². The van der Waals surface area contributed by atoms with Gasteiger partial charge in [-0.05, 0) is 32.0 Å². The van der Waals surface area contributed by atoms with Crippen LogP contribution in [0.5, 0.6) is 5.75 Å². The van der Waals surface area contributed by atoms with Gasteiger partial charge in [0.15, 0.2) is 5.96 Å². The molecule has 0 atom stereocenters. The fourth-order valence-corrected chi connectivity index (χ4v) is 3.56. The molecule has 2 N–H and O–H groups in total. The molecule has 1 saturated heterocycles. The molecular weight excluding hydrogens is 517 g/mol. The third kappa shape index (κ3) is 7.58. The van der Waals surface area contributed by atoms with Crippen molar-refractivity contribution in [1.29, 1.82) is 0 Å². The number of piperazine rings is 1. The number of aliphatic imine (C=N–C) groups is 1. The number of halogens is 1. The first kappa shape index (κ1) is 25.8. The quantitative estimate of drug-likeness (QED) is 0.300. The van der Waals surface area contributed by atoms with Crippen molar-refractivity contribution >= 4 is 41.5 Å². The second kappa shape index (κ2) is 13.8. The van der Waals surface area contributed by atoms with Gasteiger partial charge >= 0.3 is 0 Å². The standard InChI is InChI=1S/C24H33N5O2.HI/c1-3-25-24(26-18-20-10-8-9-13-22(20)31-4-2)27-19-23(30)29-16-14-28(15-17-29)21-11-6-5-7-12-21;/h5-13H,3-4,14-19H2,1-2H3,(H2,25,26,27);1H. The van der Waals surface area contributed by atoms with E-state index in [-0.39, 0.29) is 36.4 Å². The van der Waals surface area contributed by atoms with E-state index in [0.717, 1.165) is 44.0 Å². The number of ether oxygens (including phenoxy) is 1. The predicted octanol–water partition coefficient (Wildman–Crippen LogP) is 3.11. The topological polar surface area (TPSA) is 69.2 Å². The Labute approximate surface area is 208 Å². The predicted molar refractivity (Wildman–Crippen MR) is 141 cm³/mol. The molecule has 0 unspecified atom stereocenters. The highest BCUT2D eigenvalue weighted by atomic mass is 127. The second-order valence-corrected chi connectivity index (χ2v) is 7.29. The summed E-state index contributed by atoms with van der Waals surface area (Å²) in [4.78, 5) is 21.6. The molecule has 2 aromatic carbocycles. The Bertz CT molecular complexity index is 854. The van der Waals surface area contributed by atoms with E-state index in [1.165, 1.54) is 5.69 Å². The van der Waals surface area contributed by atoms with Gasteiger partial charge in [-0.2, -0.15) is 0 Å². The van der Waals surface area contributed by atoms with Crippen LogP contribution < -0.4 is 20.3 Å². The SMILES string of the molecule is CCNC(=NCc1ccccc1OCC)NCC(=O)N1CCN(c2ccccc2)CC1.I. The van der Waals surface area contributed by atoms with E-state index in [4.69, 9.17) is 4.74 Å². The average molecular weight is 551 g/mol. The molecule has 3 rings (SSSR count). The molecule has 2 aromatic rings. The molecule has 1 aliphatic rings. The van der Waals surface area contributed by atoms with Crippen molar-refractivity contribution in [3.63, 3.8) is 0 Å². The van der Waals surface area contributed by atoms with Crippen LogP contribution in [0.1, 0.15) is 19.4 Å². The highest BCUT2D eigenvalue weighted by Gasteiger charge is 2.21. The van der Waals surface area contributed by atoms with Crippen LogP contribution in [-0.2, 0) is 11.3 Å². The molecule has 0 aliphatic carbocycles. The molecule has 0 saturated carbocycles. The lowest BCUT2D eigenvalue weighted by molar-refractivity contribution is -0.130. The molecule has 0 radical (unpaired) electrons. The van der Waals surface area contributed by atoms with Crippen LogP contribution in [0, 0.1) is 0 Å². The molecule has 1 fully saturated rings. The minimum Gasteiger partial charge on any atom is -0.494 e. The highest BCUT2D eigenvalue weighted by Crippen LogP contribution is 2.18. The number of rotatable bonds is 8. The van der Waals surface area contributed by atoms with Crippen molar-refractivity contribution in [1.82, 2.24) is 15.5 Å². The van der Waals surface area contributed by atoms with Crippen molar-refractivity contribution < 1.29 is 9.53 Å². The van der Waals surface area contributed by atoms with E-state index in [1.54, 1.807) is 0 Å². The number of hydrogen-bond donors (Lipinski definition) is 2. The third-order valence-electron chi connectivity index (χ3n) is 5.18. The Morgan fingerprint density at radius 1 is 0.969 bits per heavy atom. The summed E-state index contributed by atoms with van der Waals surface area (Å²) in [6.07, 6.45) is 0. The van der Waals surface area contributed by atoms with Crippen LogP contribution in [0.25, 0.3) is 0 Å². The maximum absolute atomic E-state index is 12.7. The summed E-state index contributed by atoms with van der Waals surface area (Å²) in [6.45, 7) is 9.17. The number of carbonyl (C=O) groups excluding carboxylic acids is 1. The molecule has 1 aliphatic heterocycles. The van der Waals surface area contributed by atoms with Crippen LogP contribution in [0.3, 0.4) is 0 Å². The number of nitrogens with zero attached hydrogens (tertiary/aromatic N) is 3. The summed E-state index contributed by atoms with van der Waals surface area (Å²) in [5.74, 6) is 1.56. The van der Waals surface area contributed by atoms with Crippen molar-refractivity contribution in [2.45, 2.75) is 20.4 Å². The minimum atomic E-state index is 0. The zero-order valence-corrected chi connectivity index (χ0v) is 21.2. The summed E-state index contributed by atoms with van der Waals surface area (Å²) in [6, 6.07) is 18.2. The van der Waals surface area contributed by atoms with Gasteiger partial charge < -0.3 is 25.2 Å². The van der Waals surface area contributed by atoms with E-state index in [9.17, 15) is 4.79 Å². The monoisotopic (exact) mass is 551 g/mol. The first-order valence-electron chi connectivity index (χ1n) is 11.0. The van der Waals surface area contributed by atoms with Crippen LogP contribution in [-0.4, -0.2) is 62.6 Å². The number of hydrogen-bond acceptors (Lipinski definition) is 4. The largest absolute Gasteiger partial charge is 0.494 e. The summed E-state index contributed by atoms with van der Waals surface area (Å²) < 4.78 is 5.67. The molecular formula is C24H34IN5O2. The number of nitrogens with one attached hydrogen (secondary N) is 2. The molecule has 0 spiro atoms. The van der Waals surface area contributed by atoms with Gasteiger partial charge in [-0.25, -0.2) is 4.99 Å². The van der Waals surface area contributed by atoms with Gasteiger partial charge in [0.2, 0.25) is 5.91 Å². The van der Waals surface area contributed by atoms with E-state index in [1.807, 2.05) is 61.2 Å². The minimum absolute atomic E-state index is 0. The van der Waals surface area contributed by atoms with Crippen molar-refractivity contribution in [2.24, 2.45) is 4.99 Å². The normalized spacial score (nSPS) is 13.9. The third-order valence-corrected chi connectivity index (χ3v) is 5.18. The zero-order valence-electron chi connectivity index (χ0n) is 18.9. The number of guanidine groups is 1. The number of carbonyl (C=O) groups is 1. The lowest BCUT2D eigenvalue weighted by Gasteiger charge is -2.36. The smallest absolute Gasteiger partial charge is 0.242 e. The fourth-order valence-electron chi connectivity index (χ4n) is 3.56. The molecule has 0 aromatic heterocycles. The molecule has 7 nitrogen and oxygen atoms in total. The van der Waals surface area contributed by atoms with Crippen molar-refractivity contribution in [3.05, 3.63) is 60.2 Å². The van der Waals surface area contributed by atoms with Gasteiger partial charge in [-0.1, -0.05) is 36.4 Å². The van der Waals surface area contributed by atoms with Crippen LogP contribution in [0.2, 0.25) is 0 Å². The Morgan fingerprint density at radius 3 is 2.34 bits per heavy atom. The maximum Gasteiger partial charge on any atom is 0.242 e. The first-order chi connectivity index (χ1) is 15.2. The number of benzene rings is 2. The van der Waals surface area contributed by atoms with Crippen molar-refractivity contribution in [3.8, 4) is 5.75 Å². The number of anilines is 1. The van der Waals surface area contributed by atoms with E-state index >= 15 is 0 Å². The van der Waals surface area contributed by atoms with Gasteiger partial charge in [0.25, 0.3) is 0 Å². The molecule has 1 amide bonds. The van der Waals surface area contributed by atoms with Crippen LogP contribution in [0.4, 0.5) is 5.69 Å². The van der Waals surface area contributed by atoms with E-state index in [0.29, 0.717) is 19.1 Å². The highest BCUT2D eigenvalue weighted by molar-refractivity contribution is 14.0. The Morgan fingerprint density at radius 2 is 1.66 bits per heavy atom. The maximum atomic E-state index is 12.7. The second-order valence-electron chi connectivity index (χ2n) is 7.29. The molecule has 174 valence electrons. The lowest BCUT2D eigenvalue weighted by Crippen LogP contribution is -2.52. The summed E-state index contributed by atoms with van der Waals surface area (Å²) >= 11 is 0. The van der Waals surface area contributed by atoms with Crippen LogP contribution in [0.15, 0.2) is 59.6 Å². The summed E-state index contributed by atoms with van der Waals surface area (Å²) in [7, 11) is 0. The lowest BCUT2D eigenvalue weighted by atomic mass is 10.2. The molecule has 0 bridgehead atoms. The average Bonchev–Trinajstić information content (AvgIpc) is 2.82. The number of amides is 1. The van der Waals surface area contributed by atoms with E-state index < -0.39 is 0 Å². The number of para-hydroxylation sites is 2. The Balaban J connectivity index is 0.00000363. The Kier molecular flexibility index (Phi) is 11.1. The van der Waals surface area contributed by atoms with E-state index in [2.05, 4.69) is 32.7 Å². The molecule has 1 heterocycles. The van der Waals surface area contributed by atoms with Gasteiger partial charge in [0, 0.05) is 44.0 Å². The summed E-state index contributed by atoms with van der Waals surface area (Å²) in [5.41, 5.74) is 2.23. The zero-order chi connectivity index (χ0) is 21.9. The molecule has 32 heavy (non-hydrogen) atoms. The molecule has 8 heteroatoms. The van der Waals surface area contributed by atoms with Gasteiger partial charge in [-0.15, -0.1) is 24.0 Å². The first-order valence-corrected chi connectivity index (χ1v) is 11.0. The fraction of sp³-hybridized carbons (Fsp3) is 0.417. The summed E-state index contributed by atoms with van der Waals surface area (Å²) in [5, 5.41) is 6.39. The van der Waals surface area contributed by atoms with Crippen LogP contribution >= 0.6 is 24.0 Å². The Hall–Kier alpha value is -2.49. The van der Waals surface area contributed by atoms with Gasteiger partial charge in [-0.3, -0.25) is 4.79 Å². The van der Waals surface area contributed by atoms with Gasteiger partial charge in [0.1, 0.15) is 5.75 Å². The van der Waals surface area contributed by atoms with Gasteiger partial charge in [0.05, 0.1) is 19.7 Å².